The van der Waals surface area contributed by atoms with Gasteiger partial charge in [-0.2, -0.15) is 0 Å². The van der Waals surface area contributed by atoms with Crippen LogP contribution in [0, 0.1) is 0 Å². The molecule has 0 aromatic carbocycles. The van der Waals surface area contributed by atoms with Crippen LogP contribution in [0.1, 0.15) is 34.1 Å². The van der Waals surface area contributed by atoms with E-state index in [9.17, 15) is 5.11 Å². The Bertz CT molecular complexity index is 297. The van der Waals surface area contributed by atoms with E-state index >= 15 is 0 Å². The second-order valence-corrected chi connectivity index (χ2v) is 5.44. The number of hydrogen-bond acceptors (Lipinski definition) is 7. The van der Waals surface area contributed by atoms with Crippen molar-refractivity contribution < 1.29 is 33.9 Å². The first-order chi connectivity index (χ1) is 9.82. The molecule has 0 bridgehead atoms. The number of aliphatic hydroxyl groups is 2. The first kappa shape index (κ1) is 18.8. The first-order valence-electron chi connectivity index (χ1n) is 7.27. The summed E-state index contributed by atoms with van der Waals surface area (Å²) in [4.78, 5) is 0. The molecule has 5 atom stereocenters. The zero-order valence-electron chi connectivity index (χ0n) is 13.4. The molecule has 1 aliphatic rings. The predicted molar refractivity (Wildman–Crippen MR) is 74.5 cm³/mol. The van der Waals surface area contributed by atoms with Crippen LogP contribution in [0.15, 0.2) is 0 Å². The van der Waals surface area contributed by atoms with E-state index in [1.807, 2.05) is 6.92 Å². The fraction of sp³-hybridized carbons (Fsp3) is 1.00. The van der Waals surface area contributed by atoms with Crippen LogP contribution in [0.3, 0.4) is 0 Å². The standard InChI is InChI=1S/C14H28O7/c1-6-18-9(2)19-11-7-12(21-14(3,4)17-5)20-13(11)10(16)8-15/h9-13,15-16H,6-8H2,1-5H3/t9?,10?,11-,12-,13-/m1/s1. The van der Waals surface area contributed by atoms with E-state index in [2.05, 4.69) is 0 Å². The summed E-state index contributed by atoms with van der Waals surface area (Å²) in [6.45, 7) is 7.31. The molecular weight excluding hydrogens is 280 g/mol. The molecule has 0 aliphatic carbocycles. The van der Waals surface area contributed by atoms with Crippen molar-refractivity contribution in [3.8, 4) is 0 Å². The van der Waals surface area contributed by atoms with Crippen molar-refractivity contribution >= 4 is 0 Å². The molecule has 1 fully saturated rings. The minimum Gasteiger partial charge on any atom is -0.394 e. The molecule has 1 aliphatic heterocycles. The largest absolute Gasteiger partial charge is 0.394 e. The SMILES string of the molecule is CCOC(C)O[C@@H]1C[C@@H](OC(C)(C)OC)O[C@@H]1C(O)CO. The number of ether oxygens (including phenoxy) is 5. The third kappa shape index (κ3) is 5.78. The zero-order valence-corrected chi connectivity index (χ0v) is 13.4. The van der Waals surface area contributed by atoms with E-state index in [0.29, 0.717) is 13.0 Å². The van der Waals surface area contributed by atoms with Gasteiger partial charge in [-0.1, -0.05) is 0 Å². The summed E-state index contributed by atoms with van der Waals surface area (Å²) >= 11 is 0. The van der Waals surface area contributed by atoms with Crippen molar-refractivity contribution in [2.75, 3.05) is 20.3 Å². The molecule has 7 nitrogen and oxygen atoms in total. The molecule has 0 amide bonds. The summed E-state index contributed by atoms with van der Waals surface area (Å²) in [7, 11) is 1.54. The normalized spacial score (nSPS) is 29.6. The van der Waals surface area contributed by atoms with Crippen molar-refractivity contribution in [2.24, 2.45) is 0 Å². The Balaban J connectivity index is 2.65. The van der Waals surface area contributed by atoms with Gasteiger partial charge in [0.25, 0.3) is 0 Å². The fourth-order valence-corrected chi connectivity index (χ4v) is 2.18. The van der Waals surface area contributed by atoms with Crippen molar-refractivity contribution in [3.63, 3.8) is 0 Å². The molecule has 126 valence electrons. The lowest BCUT2D eigenvalue weighted by Gasteiger charge is -2.27. The van der Waals surface area contributed by atoms with Gasteiger partial charge in [-0.3, -0.25) is 0 Å². The monoisotopic (exact) mass is 308 g/mol. The van der Waals surface area contributed by atoms with E-state index in [-0.39, 0.29) is 0 Å². The maximum atomic E-state index is 9.86. The highest BCUT2D eigenvalue weighted by molar-refractivity contribution is 4.86. The van der Waals surface area contributed by atoms with Crippen LogP contribution >= 0.6 is 0 Å². The Morgan fingerprint density at radius 3 is 2.57 bits per heavy atom. The Labute approximate surface area is 126 Å². The lowest BCUT2D eigenvalue weighted by Crippen LogP contribution is -2.40. The fourth-order valence-electron chi connectivity index (χ4n) is 2.18. The molecule has 0 aromatic rings. The Morgan fingerprint density at radius 1 is 1.38 bits per heavy atom. The van der Waals surface area contributed by atoms with E-state index in [1.165, 1.54) is 0 Å². The second kappa shape index (κ2) is 8.38. The number of methoxy groups -OCH3 is 1. The summed E-state index contributed by atoms with van der Waals surface area (Å²) in [5.74, 6) is -0.806. The van der Waals surface area contributed by atoms with Gasteiger partial charge in [0.1, 0.15) is 12.2 Å². The minimum atomic E-state index is -1.04. The van der Waals surface area contributed by atoms with Crippen molar-refractivity contribution in [1.29, 1.82) is 0 Å². The van der Waals surface area contributed by atoms with E-state index in [1.54, 1.807) is 27.9 Å². The zero-order chi connectivity index (χ0) is 16.0. The average Bonchev–Trinajstić information content (AvgIpc) is 2.79. The van der Waals surface area contributed by atoms with Gasteiger partial charge in [0.15, 0.2) is 18.4 Å². The van der Waals surface area contributed by atoms with Gasteiger partial charge < -0.3 is 33.9 Å². The Hall–Kier alpha value is -0.280. The summed E-state index contributed by atoms with van der Waals surface area (Å²) in [5.41, 5.74) is 0. The van der Waals surface area contributed by atoms with Gasteiger partial charge in [0, 0.05) is 20.1 Å². The maximum absolute atomic E-state index is 9.86. The van der Waals surface area contributed by atoms with Crippen LogP contribution in [-0.2, 0) is 23.7 Å². The van der Waals surface area contributed by atoms with Gasteiger partial charge in [0.2, 0.25) is 0 Å². The van der Waals surface area contributed by atoms with Gasteiger partial charge in [-0.15, -0.1) is 0 Å². The maximum Gasteiger partial charge on any atom is 0.165 e. The summed E-state index contributed by atoms with van der Waals surface area (Å²) in [6.07, 6.45) is -2.72. The molecule has 2 unspecified atom stereocenters. The van der Waals surface area contributed by atoms with Crippen LogP contribution in [-0.4, -0.2) is 67.2 Å². The molecule has 7 heteroatoms. The lowest BCUT2D eigenvalue weighted by molar-refractivity contribution is -0.284. The molecule has 1 rings (SSSR count). The molecule has 0 saturated carbocycles. The van der Waals surface area contributed by atoms with Gasteiger partial charge in [0.05, 0.1) is 12.7 Å². The van der Waals surface area contributed by atoms with Crippen molar-refractivity contribution in [2.45, 2.75) is 70.8 Å². The molecule has 0 aromatic heterocycles. The molecule has 0 spiro atoms. The van der Waals surface area contributed by atoms with Gasteiger partial charge >= 0.3 is 0 Å². The molecule has 1 saturated heterocycles. The molecule has 21 heavy (non-hydrogen) atoms. The molecule has 0 radical (unpaired) electrons. The lowest BCUT2D eigenvalue weighted by atomic mass is 10.1. The van der Waals surface area contributed by atoms with Crippen LogP contribution in [0.4, 0.5) is 0 Å². The number of aliphatic hydroxyl groups excluding tert-OH is 2. The minimum absolute atomic E-state index is 0.409. The summed E-state index contributed by atoms with van der Waals surface area (Å²) < 4.78 is 27.6. The second-order valence-electron chi connectivity index (χ2n) is 5.44. The van der Waals surface area contributed by atoms with Gasteiger partial charge in [-0.25, -0.2) is 0 Å². The molecule has 1 heterocycles. The van der Waals surface area contributed by atoms with Crippen LogP contribution in [0.25, 0.3) is 0 Å². The van der Waals surface area contributed by atoms with E-state index in [0.717, 1.165) is 0 Å². The van der Waals surface area contributed by atoms with E-state index < -0.39 is 43.3 Å². The van der Waals surface area contributed by atoms with E-state index in [4.69, 9.17) is 28.8 Å². The highest BCUT2D eigenvalue weighted by Gasteiger charge is 2.43. The average molecular weight is 308 g/mol. The Morgan fingerprint density at radius 2 is 2.05 bits per heavy atom. The van der Waals surface area contributed by atoms with Crippen LogP contribution < -0.4 is 0 Å². The number of rotatable bonds is 9. The van der Waals surface area contributed by atoms with Crippen molar-refractivity contribution in [3.05, 3.63) is 0 Å². The third-order valence-corrected chi connectivity index (χ3v) is 3.34. The first-order valence-corrected chi connectivity index (χ1v) is 7.27. The molecule has 2 N–H and O–H groups in total. The topological polar surface area (TPSA) is 86.6 Å². The Kier molecular flexibility index (Phi) is 7.49. The van der Waals surface area contributed by atoms with Crippen LogP contribution in [0.2, 0.25) is 0 Å². The van der Waals surface area contributed by atoms with Gasteiger partial charge in [-0.05, 0) is 27.7 Å². The highest BCUT2D eigenvalue weighted by Crippen LogP contribution is 2.30. The molecular formula is C14H28O7. The summed E-state index contributed by atoms with van der Waals surface area (Å²) in [5, 5.41) is 19.0. The quantitative estimate of drug-likeness (QED) is 0.604. The highest BCUT2D eigenvalue weighted by atomic mass is 16.8. The third-order valence-electron chi connectivity index (χ3n) is 3.34. The number of hydrogen-bond donors (Lipinski definition) is 2. The predicted octanol–water partition coefficient (Wildman–Crippen LogP) is 0.621. The van der Waals surface area contributed by atoms with Crippen molar-refractivity contribution in [1.82, 2.24) is 0 Å². The summed E-state index contributed by atoms with van der Waals surface area (Å²) in [6, 6.07) is 0. The smallest absolute Gasteiger partial charge is 0.165 e. The van der Waals surface area contributed by atoms with Crippen LogP contribution in [0.5, 0.6) is 0 Å².